The largest absolute Gasteiger partial charge is 0.478 e. The number of hydrogen-bond donors (Lipinski definition) is 2. The molecule has 2 aromatic rings. The van der Waals surface area contributed by atoms with Gasteiger partial charge < -0.3 is 10.4 Å². The van der Waals surface area contributed by atoms with Gasteiger partial charge in [0.15, 0.2) is 0 Å². The highest BCUT2D eigenvalue weighted by atomic mass is 35.5. The molecule has 0 saturated heterocycles. The lowest BCUT2D eigenvalue weighted by Gasteiger charge is -2.05. The fourth-order valence-electron chi connectivity index (χ4n) is 1.66. The van der Waals surface area contributed by atoms with Crippen molar-refractivity contribution in [3.8, 4) is 0 Å². The van der Waals surface area contributed by atoms with E-state index in [0.717, 1.165) is 5.56 Å². The molecule has 0 saturated carbocycles. The number of rotatable bonds is 4. The van der Waals surface area contributed by atoms with E-state index >= 15 is 0 Å². The van der Waals surface area contributed by atoms with Crippen molar-refractivity contribution >= 4 is 35.2 Å². The van der Waals surface area contributed by atoms with Gasteiger partial charge in [-0.3, -0.25) is 4.79 Å². The van der Waals surface area contributed by atoms with Gasteiger partial charge in [-0.2, -0.15) is 0 Å². The molecule has 5 heteroatoms. The van der Waals surface area contributed by atoms with E-state index in [1.807, 2.05) is 30.3 Å². The summed E-state index contributed by atoms with van der Waals surface area (Å²) in [7, 11) is 0. The predicted octanol–water partition coefficient (Wildman–Crippen LogP) is 3.69. The fraction of sp³-hybridized carbons (Fsp3) is 0. The molecule has 2 N–H and O–H groups in total. The summed E-state index contributed by atoms with van der Waals surface area (Å²) < 4.78 is 0. The second-order valence-electron chi connectivity index (χ2n) is 4.23. The molecule has 0 aliphatic heterocycles. The van der Waals surface area contributed by atoms with Gasteiger partial charge in [0.2, 0.25) is 5.91 Å². The molecule has 0 radical (unpaired) electrons. The van der Waals surface area contributed by atoms with Gasteiger partial charge in [-0.1, -0.05) is 41.9 Å². The Hall–Kier alpha value is -2.59. The molecule has 0 aliphatic rings. The third-order valence-corrected chi connectivity index (χ3v) is 3.01. The lowest BCUT2D eigenvalue weighted by Crippen LogP contribution is -2.08. The summed E-state index contributed by atoms with van der Waals surface area (Å²) in [5.41, 5.74) is 1.34. The molecule has 0 fully saturated rings. The van der Waals surface area contributed by atoms with Gasteiger partial charge >= 0.3 is 5.97 Å². The molecule has 0 spiro atoms. The summed E-state index contributed by atoms with van der Waals surface area (Å²) >= 11 is 5.93. The predicted molar refractivity (Wildman–Crippen MR) is 82.5 cm³/mol. The smallest absolute Gasteiger partial charge is 0.335 e. The van der Waals surface area contributed by atoms with Gasteiger partial charge in [-0.25, -0.2) is 4.79 Å². The van der Waals surface area contributed by atoms with Crippen LogP contribution in [0.5, 0.6) is 0 Å². The molecule has 0 atom stereocenters. The van der Waals surface area contributed by atoms with Crippen LogP contribution in [0.15, 0.2) is 54.6 Å². The van der Waals surface area contributed by atoms with Gasteiger partial charge in [0, 0.05) is 6.08 Å². The zero-order valence-electron chi connectivity index (χ0n) is 10.9. The monoisotopic (exact) mass is 301 g/mol. The van der Waals surface area contributed by atoms with Crippen molar-refractivity contribution in [2.75, 3.05) is 5.32 Å². The lowest BCUT2D eigenvalue weighted by molar-refractivity contribution is -0.111. The van der Waals surface area contributed by atoms with Crippen molar-refractivity contribution in [1.82, 2.24) is 0 Å². The molecule has 0 aliphatic carbocycles. The number of carbonyl (C=O) groups excluding carboxylic acids is 1. The van der Waals surface area contributed by atoms with Gasteiger partial charge in [0.25, 0.3) is 0 Å². The number of carboxylic acid groups (broad SMARTS) is 1. The number of benzene rings is 2. The van der Waals surface area contributed by atoms with Crippen molar-refractivity contribution in [2.24, 2.45) is 0 Å². The second-order valence-corrected chi connectivity index (χ2v) is 4.64. The summed E-state index contributed by atoms with van der Waals surface area (Å²) in [6, 6.07) is 13.5. The van der Waals surface area contributed by atoms with Gasteiger partial charge in [-0.15, -0.1) is 0 Å². The van der Waals surface area contributed by atoms with Gasteiger partial charge in [0.1, 0.15) is 0 Å². The maximum atomic E-state index is 11.8. The van der Waals surface area contributed by atoms with Crippen LogP contribution in [0.4, 0.5) is 5.69 Å². The summed E-state index contributed by atoms with van der Waals surface area (Å²) in [6.07, 6.45) is 3.06. The number of carboxylic acids is 1. The Labute approximate surface area is 126 Å². The van der Waals surface area contributed by atoms with Crippen molar-refractivity contribution < 1.29 is 14.7 Å². The Morgan fingerprint density at radius 1 is 1.10 bits per heavy atom. The SMILES string of the molecule is O=C(C=Cc1ccccc1)Nc1ccc(C(=O)O)cc1Cl. The molecule has 0 heterocycles. The Bertz CT molecular complexity index is 696. The Morgan fingerprint density at radius 3 is 2.43 bits per heavy atom. The molecular formula is C16H12ClNO3. The second kappa shape index (κ2) is 6.72. The number of aromatic carboxylic acids is 1. The highest BCUT2D eigenvalue weighted by Gasteiger charge is 2.08. The fourth-order valence-corrected chi connectivity index (χ4v) is 1.89. The lowest BCUT2D eigenvalue weighted by atomic mass is 10.2. The maximum absolute atomic E-state index is 11.8. The molecule has 0 bridgehead atoms. The molecule has 21 heavy (non-hydrogen) atoms. The summed E-state index contributed by atoms with van der Waals surface area (Å²) in [6.45, 7) is 0. The van der Waals surface area contributed by atoms with Crippen molar-refractivity contribution in [3.05, 3.63) is 70.8 Å². The van der Waals surface area contributed by atoms with E-state index in [1.54, 1.807) is 6.08 Å². The molecule has 1 amide bonds. The summed E-state index contributed by atoms with van der Waals surface area (Å²) in [4.78, 5) is 22.6. The quantitative estimate of drug-likeness (QED) is 0.846. The number of anilines is 1. The van der Waals surface area contributed by atoms with E-state index in [0.29, 0.717) is 5.69 Å². The van der Waals surface area contributed by atoms with Crippen LogP contribution in [0.3, 0.4) is 0 Å². The van der Waals surface area contributed by atoms with Gasteiger partial charge in [0.05, 0.1) is 16.3 Å². The van der Waals surface area contributed by atoms with Crippen LogP contribution in [0.25, 0.3) is 6.08 Å². The molecule has 4 nitrogen and oxygen atoms in total. The molecule has 2 aromatic carbocycles. The first-order valence-corrected chi connectivity index (χ1v) is 6.51. The average Bonchev–Trinajstić information content (AvgIpc) is 2.48. The number of amides is 1. The number of hydrogen-bond acceptors (Lipinski definition) is 2. The standard InChI is InChI=1S/C16H12ClNO3/c17-13-10-12(16(20)21)7-8-14(13)18-15(19)9-6-11-4-2-1-3-5-11/h1-10H,(H,18,19)(H,20,21). The molecule has 0 aromatic heterocycles. The van der Waals surface area contributed by atoms with E-state index in [1.165, 1.54) is 24.3 Å². The maximum Gasteiger partial charge on any atom is 0.335 e. The highest BCUT2D eigenvalue weighted by molar-refractivity contribution is 6.34. The first-order valence-electron chi connectivity index (χ1n) is 6.13. The Kier molecular flexibility index (Phi) is 4.74. The van der Waals surface area contributed by atoms with E-state index < -0.39 is 5.97 Å². The van der Waals surface area contributed by atoms with Crippen molar-refractivity contribution in [2.45, 2.75) is 0 Å². The topological polar surface area (TPSA) is 66.4 Å². The van der Waals surface area contributed by atoms with Crippen molar-refractivity contribution in [3.63, 3.8) is 0 Å². The minimum absolute atomic E-state index is 0.0674. The van der Waals surface area contributed by atoms with Crippen LogP contribution in [-0.2, 0) is 4.79 Å². The third kappa shape index (κ3) is 4.19. The normalized spacial score (nSPS) is 10.5. The van der Waals surface area contributed by atoms with Crippen LogP contribution in [-0.4, -0.2) is 17.0 Å². The van der Waals surface area contributed by atoms with E-state index in [4.69, 9.17) is 16.7 Å². The Balaban J connectivity index is 2.06. The summed E-state index contributed by atoms with van der Waals surface area (Å²) in [5, 5.41) is 11.6. The third-order valence-electron chi connectivity index (χ3n) is 2.70. The number of halogens is 1. The summed E-state index contributed by atoms with van der Waals surface area (Å²) in [5.74, 6) is -1.41. The average molecular weight is 302 g/mol. The minimum Gasteiger partial charge on any atom is -0.478 e. The zero-order valence-corrected chi connectivity index (χ0v) is 11.7. The van der Waals surface area contributed by atoms with E-state index in [-0.39, 0.29) is 16.5 Å². The molecule has 0 unspecified atom stereocenters. The highest BCUT2D eigenvalue weighted by Crippen LogP contribution is 2.23. The Morgan fingerprint density at radius 2 is 1.81 bits per heavy atom. The number of nitrogens with one attached hydrogen (secondary N) is 1. The van der Waals surface area contributed by atoms with Crippen LogP contribution >= 0.6 is 11.6 Å². The van der Waals surface area contributed by atoms with Crippen LogP contribution in [0.2, 0.25) is 5.02 Å². The van der Waals surface area contributed by atoms with Crippen LogP contribution in [0.1, 0.15) is 15.9 Å². The van der Waals surface area contributed by atoms with Crippen LogP contribution < -0.4 is 5.32 Å². The molecular weight excluding hydrogens is 290 g/mol. The van der Waals surface area contributed by atoms with Crippen molar-refractivity contribution in [1.29, 1.82) is 0 Å². The zero-order chi connectivity index (χ0) is 15.2. The minimum atomic E-state index is -1.07. The van der Waals surface area contributed by atoms with E-state index in [2.05, 4.69) is 5.32 Å². The number of carbonyl (C=O) groups is 2. The molecule has 106 valence electrons. The van der Waals surface area contributed by atoms with Gasteiger partial charge in [-0.05, 0) is 29.8 Å². The first-order chi connectivity index (χ1) is 10.1. The first kappa shape index (κ1) is 14.8. The van der Waals surface area contributed by atoms with Crippen LogP contribution in [0, 0.1) is 0 Å². The molecule has 2 rings (SSSR count). The van der Waals surface area contributed by atoms with E-state index in [9.17, 15) is 9.59 Å².